The number of carbonyl (C=O) groups is 1. The fourth-order valence-electron chi connectivity index (χ4n) is 3.36. The number of rotatable bonds is 6. The van der Waals surface area contributed by atoms with E-state index >= 15 is 0 Å². The highest BCUT2D eigenvalue weighted by Crippen LogP contribution is 2.30. The van der Waals surface area contributed by atoms with Crippen molar-refractivity contribution in [2.75, 3.05) is 24.9 Å². The number of benzene rings is 2. The van der Waals surface area contributed by atoms with Crippen LogP contribution in [0.3, 0.4) is 0 Å². The number of hydrogen-bond acceptors (Lipinski definition) is 7. The molecule has 162 valence electrons. The van der Waals surface area contributed by atoms with Gasteiger partial charge in [-0.15, -0.1) is 10.2 Å². The van der Waals surface area contributed by atoms with Gasteiger partial charge < -0.3 is 9.64 Å². The van der Waals surface area contributed by atoms with Gasteiger partial charge in [-0.05, 0) is 38.0 Å². The zero-order valence-corrected chi connectivity index (χ0v) is 18.8. The molecule has 10 heteroatoms. The molecule has 8 nitrogen and oxygen atoms in total. The van der Waals surface area contributed by atoms with Crippen molar-refractivity contribution in [3.63, 3.8) is 0 Å². The van der Waals surface area contributed by atoms with E-state index in [4.69, 9.17) is 4.74 Å². The summed E-state index contributed by atoms with van der Waals surface area (Å²) in [6.07, 6.45) is 1.88. The minimum absolute atomic E-state index is 0.0390. The molecule has 0 spiro atoms. The van der Waals surface area contributed by atoms with Crippen LogP contribution in [-0.4, -0.2) is 49.6 Å². The second-order valence-corrected chi connectivity index (χ2v) is 9.91. The summed E-state index contributed by atoms with van der Waals surface area (Å²) >= 11 is 1.14. The minimum Gasteiger partial charge on any atom is -0.496 e. The monoisotopic (exact) mass is 458 g/mol. The second kappa shape index (κ2) is 8.64. The summed E-state index contributed by atoms with van der Waals surface area (Å²) in [5.41, 5.74) is 2.20. The summed E-state index contributed by atoms with van der Waals surface area (Å²) in [5.74, 6) is 0.109. The molecule has 1 amide bonds. The Morgan fingerprint density at radius 2 is 1.81 bits per heavy atom. The van der Waals surface area contributed by atoms with Gasteiger partial charge in [0, 0.05) is 18.7 Å². The van der Waals surface area contributed by atoms with Crippen LogP contribution in [0.15, 0.2) is 47.4 Å². The highest BCUT2D eigenvalue weighted by molar-refractivity contribution is 7.93. The Morgan fingerprint density at radius 3 is 2.48 bits per heavy atom. The number of hydrogen-bond donors (Lipinski definition) is 1. The molecule has 0 unspecified atom stereocenters. The molecule has 0 atom stereocenters. The first-order chi connectivity index (χ1) is 14.9. The van der Waals surface area contributed by atoms with Gasteiger partial charge in [0.15, 0.2) is 0 Å². The predicted molar refractivity (Wildman–Crippen MR) is 119 cm³/mol. The molecule has 2 aromatic carbocycles. The molecule has 3 aromatic rings. The van der Waals surface area contributed by atoms with Crippen LogP contribution in [-0.2, 0) is 10.0 Å². The van der Waals surface area contributed by atoms with E-state index in [0.29, 0.717) is 23.8 Å². The molecule has 31 heavy (non-hydrogen) atoms. The maximum Gasteiger partial charge on any atom is 0.263 e. The average molecular weight is 459 g/mol. The van der Waals surface area contributed by atoms with Crippen LogP contribution in [0.4, 0.5) is 5.13 Å². The summed E-state index contributed by atoms with van der Waals surface area (Å²) in [6, 6.07) is 12.0. The molecule has 1 aliphatic heterocycles. The number of anilines is 1. The van der Waals surface area contributed by atoms with Crippen molar-refractivity contribution in [3.8, 4) is 16.3 Å². The van der Waals surface area contributed by atoms with Crippen molar-refractivity contribution < 1.29 is 17.9 Å². The molecule has 1 fully saturated rings. The normalized spacial score (nSPS) is 13.9. The first-order valence-corrected chi connectivity index (χ1v) is 12.1. The second-order valence-electron chi connectivity index (χ2n) is 7.25. The summed E-state index contributed by atoms with van der Waals surface area (Å²) in [6.45, 7) is 3.30. The van der Waals surface area contributed by atoms with Gasteiger partial charge in [0.2, 0.25) is 5.13 Å². The quantitative estimate of drug-likeness (QED) is 0.606. The molecular weight excluding hydrogens is 436 g/mol. The Hall–Kier alpha value is -2.98. The molecule has 1 saturated heterocycles. The van der Waals surface area contributed by atoms with E-state index in [0.717, 1.165) is 35.3 Å². The molecule has 0 aliphatic carbocycles. The summed E-state index contributed by atoms with van der Waals surface area (Å²) in [4.78, 5) is 14.5. The average Bonchev–Trinajstić information content (AvgIpc) is 3.45. The van der Waals surface area contributed by atoms with E-state index in [1.54, 1.807) is 4.90 Å². The van der Waals surface area contributed by atoms with Crippen LogP contribution < -0.4 is 9.46 Å². The van der Waals surface area contributed by atoms with Crippen LogP contribution in [0.1, 0.15) is 28.8 Å². The molecule has 1 N–H and O–H groups in total. The predicted octanol–water partition coefficient (Wildman–Crippen LogP) is 3.56. The number of sulfonamides is 1. The van der Waals surface area contributed by atoms with E-state index in [1.165, 1.54) is 25.3 Å². The first-order valence-electron chi connectivity index (χ1n) is 9.78. The Morgan fingerprint density at radius 1 is 1.10 bits per heavy atom. The molecule has 0 bridgehead atoms. The number of nitrogens with one attached hydrogen (secondary N) is 1. The third kappa shape index (κ3) is 4.54. The largest absolute Gasteiger partial charge is 0.496 e. The Labute approximate surface area is 184 Å². The standard InChI is InChI=1S/C21H22N4O4S2/c1-14-5-7-15(8-6-14)19-22-23-21(30-19)24-31(27,28)16-9-10-18(29-2)17(13-16)20(26)25-11-3-4-12-25/h5-10,13H,3-4,11-12H2,1-2H3,(H,23,24). The molecule has 4 rings (SSSR count). The van der Waals surface area contributed by atoms with Crippen molar-refractivity contribution in [1.82, 2.24) is 15.1 Å². The third-order valence-corrected chi connectivity index (χ3v) is 7.40. The first kappa shape index (κ1) is 21.3. The molecule has 1 aliphatic rings. The summed E-state index contributed by atoms with van der Waals surface area (Å²) in [5, 5.41) is 8.80. The topological polar surface area (TPSA) is 101 Å². The smallest absolute Gasteiger partial charge is 0.263 e. The van der Waals surface area contributed by atoms with E-state index in [2.05, 4.69) is 14.9 Å². The molecule has 0 saturated carbocycles. The molecule has 0 radical (unpaired) electrons. The lowest BCUT2D eigenvalue weighted by Crippen LogP contribution is -2.28. The Balaban J connectivity index is 1.59. The van der Waals surface area contributed by atoms with Crippen LogP contribution in [0.2, 0.25) is 0 Å². The lowest BCUT2D eigenvalue weighted by Gasteiger charge is -2.18. The number of aromatic nitrogens is 2. The van der Waals surface area contributed by atoms with Gasteiger partial charge in [-0.25, -0.2) is 8.42 Å². The number of amides is 1. The summed E-state index contributed by atoms with van der Waals surface area (Å²) in [7, 11) is -2.51. The van der Waals surface area contributed by atoms with E-state index in [9.17, 15) is 13.2 Å². The summed E-state index contributed by atoms with van der Waals surface area (Å²) < 4.78 is 33.6. The number of aryl methyl sites for hydroxylation is 1. The van der Waals surface area contributed by atoms with Crippen LogP contribution in [0, 0.1) is 6.92 Å². The molecule has 1 aromatic heterocycles. The van der Waals surface area contributed by atoms with E-state index in [1.807, 2.05) is 31.2 Å². The number of likely N-dealkylation sites (tertiary alicyclic amines) is 1. The van der Waals surface area contributed by atoms with Gasteiger partial charge in [-0.3, -0.25) is 9.52 Å². The van der Waals surface area contributed by atoms with E-state index in [-0.39, 0.29) is 21.5 Å². The fraction of sp³-hybridized carbons (Fsp3) is 0.286. The van der Waals surface area contributed by atoms with Crippen molar-refractivity contribution in [2.45, 2.75) is 24.7 Å². The number of methoxy groups -OCH3 is 1. The van der Waals surface area contributed by atoms with Crippen LogP contribution in [0.5, 0.6) is 5.75 Å². The number of ether oxygens (including phenoxy) is 1. The highest BCUT2D eigenvalue weighted by atomic mass is 32.2. The SMILES string of the molecule is COc1ccc(S(=O)(=O)Nc2nnc(-c3ccc(C)cc3)s2)cc1C(=O)N1CCCC1. The number of carbonyl (C=O) groups excluding carboxylic acids is 1. The van der Waals surface area contributed by atoms with Gasteiger partial charge in [-0.1, -0.05) is 41.2 Å². The number of nitrogens with zero attached hydrogens (tertiary/aromatic N) is 3. The zero-order valence-electron chi connectivity index (χ0n) is 17.2. The Bertz CT molecular complexity index is 1200. The molecule has 2 heterocycles. The zero-order chi connectivity index (χ0) is 22.0. The lowest BCUT2D eigenvalue weighted by atomic mass is 10.1. The van der Waals surface area contributed by atoms with Crippen LogP contribution in [0.25, 0.3) is 10.6 Å². The van der Waals surface area contributed by atoms with E-state index < -0.39 is 10.0 Å². The third-order valence-electron chi connectivity index (χ3n) is 5.05. The van der Waals surface area contributed by atoms with Gasteiger partial charge in [0.25, 0.3) is 15.9 Å². The Kier molecular flexibility index (Phi) is 5.92. The maximum absolute atomic E-state index is 12.9. The highest BCUT2D eigenvalue weighted by Gasteiger charge is 2.26. The van der Waals surface area contributed by atoms with Crippen molar-refractivity contribution in [1.29, 1.82) is 0 Å². The lowest BCUT2D eigenvalue weighted by molar-refractivity contribution is 0.0789. The molecular formula is C21H22N4O4S2. The van der Waals surface area contributed by atoms with Crippen molar-refractivity contribution in [2.24, 2.45) is 0 Å². The maximum atomic E-state index is 12.9. The van der Waals surface area contributed by atoms with Gasteiger partial charge in [0.1, 0.15) is 10.8 Å². The fourth-order valence-corrected chi connectivity index (χ4v) is 5.37. The van der Waals surface area contributed by atoms with Crippen molar-refractivity contribution >= 4 is 32.4 Å². The van der Waals surface area contributed by atoms with Gasteiger partial charge in [-0.2, -0.15) is 0 Å². The van der Waals surface area contributed by atoms with Gasteiger partial charge >= 0.3 is 0 Å². The van der Waals surface area contributed by atoms with Gasteiger partial charge in [0.05, 0.1) is 17.6 Å². The minimum atomic E-state index is -3.96. The van der Waals surface area contributed by atoms with Crippen LogP contribution >= 0.6 is 11.3 Å². The van der Waals surface area contributed by atoms with Crippen molar-refractivity contribution in [3.05, 3.63) is 53.6 Å².